The van der Waals surface area contributed by atoms with Crippen molar-refractivity contribution in [2.24, 2.45) is 5.73 Å². The van der Waals surface area contributed by atoms with Crippen LogP contribution in [0.5, 0.6) is 0 Å². The SMILES string of the molecule is CCOCCN(C)Cc1cc(F)cc(CN)c1. The average molecular weight is 240 g/mol. The zero-order valence-corrected chi connectivity index (χ0v) is 10.6. The van der Waals surface area contributed by atoms with Gasteiger partial charge in [-0.25, -0.2) is 4.39 Å². The van der Waals surface area contributed by atoms with Crippen molar-refractivity contribution in [1.29, 1.82) is 0 Å². The number of nitrogens with zero attached hydrogens (tertiary/aromatic N) is 1. The van der Waals surface area contributed by atoms with Crippen LogP contribution in [0.1, 0.15) is 18.1 Å². The van der Waals surface area contributed by atoms with Crippen molar-refractivity contribution in [3.63, 3.8) is 0 Å². The van der Waals surface area contributed by atoms with Gasteiger partial charge < -0.3 is 10.5 Å². The summed E-state index contributed by atoms with van der Waals surface area (Å²) in [6.45, 7) is 5.31. The minimum absolute atomic E-state index is 0.221. The van der Waals surface area contributed by atoms with Gasteiger partial charge in [-0.15, -0.1) is 0 Å². The number of hydrogen-bond donors (Lipinski definition) is 1. The molecule has 0 aliphatic carbocycles. The van der Waals surface area contributed by atoms with Crippen molar-refractivity contribution < 1.29 is 9.13 Å². The molecule has 0 fully saturated rings. The van der Waals surface area contributed by atoms with Crippen molar-refractivity contribution in [3.05, 3.63) is 35.1 Å². The van der Waals surface area contributed by atoms with E-state index in [0.717, 1.165) is 24.3 Å². The second kappa shape index (κ2) is 7.37. The Hall–Kier alpha value is -0.970. The van der Waals surface area contributed by atoms with Crippen LogP contribution in [0.3, 0.4) is 0 Å². The highest BCUT2D eigenvalue weighted by Crippen LogP contribution is 2.10. The summed E-state index contributed by atoms with van der Waals surface area (Å²) in [5.74, 6) is -0.221. The molecule has 3 nitrogen and oxygen atoms in total. The molecule has 0 saturated heterocycles. The summed E-state index contributed by atoms with van der Waals surface area (Å²) in [5, 5.41) is 0. The number of hydrogen-bond acceptors (Lipinski definition) is 3. The predicted octanol–water partition coefficient (Wildman–Crippen LogP) is 1.75. The van der Waals surface area contributed by atoms with Gasteiger partial charge in [0.25, 0.3) is 0 Å². The molecule has 1 rings (SSSR count). The van der Waals surface area contributed by atoms with Crippen molar-refractivity contribution in [1.82, 2.24) is 4.90 Å². The maximum absolute atomic E-state index is 13.3. The first-order valence-electron chi connectivity index (χ1n) is 5.90. The molecule has 2 N–H and O–H groups in total. The fourth-order valence-corrected chi connectivity index (χ4v) is 1.68. The Morgan fingerprint density at radius 1 is 1.29 bits per heavy atom. The Morgan fingerprint density at radius 3 is 2.65 bits per heavy atom. The van der Waals surface area contributed by atoms with Crippen LogP contribution in [-0.4, -0.2) is 31.7 Å². The third-order valence-electron chi connectivity index (χ3n) is 2.53. The molecule has 0 heterocycles. The number of rotatable bonds is 7. The van der Waals surface area contributed by atoms with Crippen LogP contribution in [0.4, 0.5) is 4.39 Å². The topological polar surface area (TPSA) is 38.5 Å². The zero-order chi connectivity index (χ0) is 12.7. The monoisotopic (exact) mass is 240 g/mol. The lowest BCUT2D eigenvalue weighted by Gasteiger charge is -2.17. The van der Waals surface area contributed by atoms with Crippen molar-refractivity contribution in [2.45, 2.75) is 20.0 Å². The molecule has 0 unspecified atom stereocenters. The largest absolute Gasteiger partial charge is 0.380 e. The molecule has 0 bridgehead atoms. The third kappa shape index (κ3) is 5.26. The number of nitrogens with two attached hydrogens (primary N) is 1. The molecular weight excluding hydrogens is 219 g/mol. The molecule has 0 spiro atoms. The molecule has 0 radical (unpaired) electrons. The Balaban J connectivity index is 2.52. The van der Waals surface area contributed by atoms with E-state index in [2.05, 4.69) is 4.90 Å². The van der Waals surface area contributed by atoms with E-state index >= 15 is 0 Å². The smallest absolute Gasteiger partial charge is 0.123 e. The Labute approximate surface area is 102 Å². The van der Waals surface area contributed by atoms with Gasteiger partial charge in [0, 0.05) is 26.2 Å². The standard InChI is InChI=1S/C13H21FN2O/c1-3-17-5-4-16(2)10-12-6-11(9-15)7-13(14)8-12/h6-8H,3-5,9-10,15H2,1-2H3. The van der Waals surface area contributed by atoms with Gasteiger partial charge in [-0.3, -0.25) is 4.90 Å². The van der Waals surface area contributed by atoms with Gasteiger partial charge in [0.05, 0.1) is 6.61 Å². The van der Waals surface area contributed by atoms with Gasteiger partial charge in [-0.05, 0) is 37.2 Å². The van der Waals surface area contributed by atoms with E-state index in [1.807, 2.05) is 20.0 Å². The molecule has 0 amide bonds. The minimum atomic E-state index is -0.221. The van der Waals surface area contributed by atoms with Crippen LogP contribution in [0.15, 0.2) is 18.2 Å². The number of halogens is 1. The lowest BCUT2D eigenvalue weighted by molar-refractivity contribution is 0.120. The molecule has 1 aromatic carbocycles. The first kappa shape index (κ1) is 14.1. The minimum Gasteiger partial charge on any atom is -0.380 e. The van der Waals surface area contributed by atoms with Crippen LogP contribution < -0.4 is 5.73 Å². The van der Waals surface area contributed by atoms with Crippen molar-refractivity contribution >= 4 is 0 Å². The molecule has 96 valence electrons. The van der Waals surface area contributed by atoms with Gasteiger partial charge in [-0.1, -0.05) is 6.07 Å². The lowest BCUT2D eigenvalue weighted by atomic mass is 10.1. The second-order valence-corrected chi connectivity index (χ2v) is 4.11. The van der Waals surface area contributed by atoms with E-state index in [-0.39, 0.29) is 5.82 Å². The summed E-state index contributed by atoms with van der Waals surface area (Å²) in [6.07, 6.45) is 0. The van der Waals surface area contributed by atoms with E-state index in [9.17, 15) is 4.39 Å². The fourth-order valence-electron chi connectivity index (χ4n) is 1.68. The van der Waals surface area contributed by atoms with Crippen molar-refractivity contribution in [3.8, 4) is 0 Å². The summed E-state index contributed by atoms with van der Waals surface area (Å²) < 4.78 is 18.5. The summed E-state index contributed by atoms with van der Waals surface area (Å²) in [4.78, 5) is 2.10. The second-order valence-electron chi connectivity index (χ2n) is 4.11. The highest BCUT2D eigenvalue weighted by Gasteiger charge is 2.03. The predicted molar refractivity (Wildman–Crippen MR) is 67.1 cm³/mol. The van der Waals surface area contributed by atoms with Crippen LogP contribution in [0.25, 0.3) is 0 Å². The van der Waals surface area contributed by atoms with Crippen molar-refractivity contribution in [2.75, 3.05) is 26.8 Å². The zero-order valence-electron chi connectivity index (χ0n) is 10.6. The van der Waals surface area contributed by atoms with E-state index in [0.29, 0.717) is 19.7 Å². The molecule has 0 atom stereocenters. The highest BCUT2D eigenvalue weighted by molar-refractivity contribution is 5.24. The van der Waals surface area contributed by atoms with E-state index in [4.69, 9.17) is 10.5 Å². The number of ether oxygens (including phenoxy) is 1. The lowest BCUT2D eigenvalue weighted by Crippen LogP contribution is -2.23. The maximum Gasteiger partial charge on any atom is 0.123 e. The molecule has 17 heavy (non-hydrogen) atoms. The quantitative estimate of drug-likeness (QED) is 0.738. The highest BCUT2D eigenvalue weighted by atomic mass is 19.1. The van der Waals surface area contributed by atoms with Gasteiger partial charge >= 0.3 is 0 Å². The van der Waals surface area contributed by atoms with Gasteiger partial charge in [0.2, 0.25) is 0 Å². The number of likely N-dealkylation sites (N-methyl/N-ethyl adjacent to an activating group) is 1. The third-order valence-corrected chi connectivity index (χ3v) is 2.53. The summed E-state index contributed by atoms with van der Waals surface area (Å²) in [7, 11) is 1.99. The fraction of sp³-hybridized carbons (Fsp3) is 0.538. The average Bonchev–Trinajstić information content (AvgIpc) is 2.28. The molecule has 0 aliphatic rings. The van der Waals surface area contributed by atoms with Gasteiger partial charge in [0.1, 0.15) is 5.82 Å². The van der Waals surface area contributed by atoms with Crippen LogP contribution in [0, 0.1) is 5.82 Å². The number of benzene rings is 1. The molecular formula is C13H21FN2O. The first-order valence-corrected chi connectivity index (χ1v) is 5.90. The Bertz CT molecular complexity index is 344. The molecule has 0 aromatic heterocycles. The summed E-state index contributed by atoms with van der Waals surface area (Å²) >= 11 is 0. The Kier molecular flexibility index (Phi) is 6.11. The van der Waals surface area contributed by atoms with Crippen LogP contribution in [-0.2, 0) is 17.8 Å². The van der Waals surface area contributed by atoms with Crippen LogP contribution >= 0.6 is 0 Å². The first-order chi connectivity index (χ1) is 8.15. The van der Waals surface area contributed by atoms with E-state index in [1.54, 1.807) is 6.07 Å². The van der Waals surface area contributed by atoms with Gasteiger partial charge in [-0.2, -0.15) is 0 Å². The summed E-state index contributed by atoms with van der Waals surface area (Å²) in [5.41, 5.74) is 7.30. The maximum atomic E-state index is 13.3. The van der Waals surface area contributed by atoms with E-state index < -0.39 is 0 Å². The van der Waals surface area contributed by atoms with Gasteiger partial charge in [0.15, 0.2) is 0 Å². The molecule has 0 saturated carbocycles. The molecule has 4 heteroatoms. The summed E-state index contributed by atoms with van der Waals surface area (Å²) in [6, 6.07) is 4.97. The molecule has 1 aromatic rings. The molecule has 0 aliphatic heterocycles. The van der Waals surface area contributed by atoms with Crippen LogP contribution in [0.2, 0.25) is 0 Å². The van der Waals surface area contributed by atoms with E-state index in [1.165, 1.54) is 6.07 Å². The normalized spacial score (nSPS) is 11.1. The Morgan fingerprint density at radius 2 is 2.00 bits per heavy atom.